The summed E-state index contributed by atoms with van der Waals surface area (Å²) in [7, 11) is 0. The maximum absolute atomic E-state index is 14.9. The quantitative estimate of drug-likeness (QED) is 0.274. The summed E-state index contributed by atoms with van der Waals surface area (Å²) >= 11 is 0. The summed E-state index contributed by atoms with van der Waals surface area (Å²) in [6.45, 7) is 2.27. The molecule has 196 valence electrons. The van der Waals surface area contributed by atoms with Crippen LogP contribution < -0.4 is 0 Å². The minimum atomic E-state index is -4.70. The first kappa shape index (κ1) is 27.0. The maximum atomic E-state index is 14.9. The van der Waals surface area contributed by atoms with Crippen LogP contribution in [0.4, 0.5) is 26.3 Å². The zero-order valence-corrected chi connectivity index (χ0v) is 20.7. The van der Waals surface area contributed by atoms with Crippen molar-refractivity contribution in [3.05, 3.63) is 89.3 Å². The SMILES string of the molecule is CCC1CCC(CCc2ccc(-c3ccc(-c4cc(F)c(C=CC(F)(F)F)c(F)c4)c(F)c3)cc2)CC1. The topological polar surface area (TPSA) is 0 Å². The van der Waals surface area contributed by atoms with Gasteiger partial charge in [-0.25, -0.2) is 13.2 Å². The van der Waals surface area contributed by atoms with Crippen LogP contribution >= 0.6 is 0 Å². The third kappa shape index (κ3) is 7.06. The van der Waals surface area contributed by atoms with Crippen LogP contribution in [0.15, 0.2) is 60.7 Å². The van der Waals surface area contributed by atoms with Crippen molar-refractivity contribution in [3.8, 4) is 22.3 Å². The van der Waals surface area contributed by atoms with Gasteiger partial charge in [-0.2, -0.15) is 13.2 Å². The van der Waals surface area contributed by atoms with E-state index in [1.807, 2.05) is 12.1 Å². The molecule has 1 aliphatic rings. The second-order valence-electron chi connectivity index (χ2n) is 9.95. The van der Waals surface area contributed by atoms with E-state index in [-0.39, 0.29) is 17.2 Å². The second-order valence-corrected chi connectivity index (χ2v) is 9.95. The lowest BCUT2D eigenvalue weighted by Crippen LogP contribution is -2.14. The van der Waals surface area contributed by atoms with Crippen LogP contribution in [0.1, 0.15) is 56.6 Å². The Morgan fingerprint density at radius 2 is 1.30 bits per heavy atom. The molecule has 4 rings (SSSR count). The standard InChI is InChI=1S/C31H30F6/c1-2-20-3-5-21(6-4-20)7-8-22-9-11-23(12-10-22)24-13-14-26(28(32)17-24)25-18-29(33)27(30(34)19-25)15-16-31(35,36)37/h9-21H,2-8H2,1H3. The fraction of sp³-hybridized carbons (Fsp3) is 0.355. The molecule has 1 fully saturated rings. The molecule has 3 aromatic rings. The van der Waals surface area contributed by atoms with Gasteiger partial charge in [0.25, 0.3) is 0 Å². The molecule has 0 atom stereocenters. The van der Waals surface area contributed by atoms with Crippen molar-refractivity contribution in [2.24, 2.45) is 11.8 Å². The molecule has 0 bridgehead atoms. The molecule has 37 heavy (non-hydrogen) atoms. The van der Waals surface area contributed by atoms with Crippen molar-refractivity contribution in [1.82, 2.24) is 0 Å². The summed E-state index contributed by atoms with van der Waals surface area (Å²) in [5, 5.41) is 0. The van der Waals surface area contributed by atoms with Gasteiger partial charge in [-0.05, 0) is 71.2 Å². The number of halogens is 6. The minimum Gasteiger partial charge on any atom is -0.206 e. The first-order valence-corrected chi connectivity index (χ1v) is 12.8. The van der Waals surface area contributed by atoms with Gasteiger partial charge in [0.2, 0.25) is 0 Å². The fourth-order valence-corrected chi connectivity index (χ4v) is 5.17. The Morgan fingerprint density at radius 1 is 0.730 bits per heavy atom. The van der Waals surface area contributed by atoms with E-state index in [4.69, 9.17) is 0 Å². The maximum Gasteiger partial charge on any atom is 0.409 e. The molecule has 0 unspecified atom stereocenters. The predicted molar refractivity (Wildman–Crippen MR) is 136 cm³/mol. The average molecular weight is 517 g/mol. The van der Waals surface area contributed by atoms with E-state index in [2.05, 4.69) is 19.1 Å². The Labute approximate surface area is 214 Å². The highest BCUT2D eigenvalue weighted by molar-refractivity contribution is 5.72. The molecule has 1 aliphatic carbocycles. The van der Waals surface area contributed by atoms with E-state index >= 15 is 0 Å². The molecule has 0 amide bonds. The third-order valence-corrected chi connectivity index (χ3v) is 7.47. The molecule has 0 aliphatic heterocycles. The number of aryl methyl sites for hydroxylation is 1. The van der Waals surface area contributed by atoms with Crippen molar-refractivity contribution >= 4 is 6.08 Å². The molecule has 3 aromatic carbocycles. The van der Waals surface area contributed by atoms with Crippen LogP contribution in [0, 0.1) is 29.3 Å². The summed E-state index contributed by atoms with van der Waals surface area (Å²) in [6, 6.07) is 14.0. The average Bonchev–Trinajstić information content (AvgIpc) is 2.87. The first-order chi connectivity index (χ1) is 17.6. The van der Waals surface area contributed by atoms with Crippen LogP contribution in [0.25, 0.3) is 28.3 Å². The number of hydrogen-bond donors (Lipinski definition) is 0. The van der Waals surface area contributed by atoms with Crippen molar-refractivity contribution in [1.29, 1.82) is 0 Å². The van der Waals surface area contributed by atoms with Gasteiger partial charge in [-0.15, -0.1) is 0 Å². The monoisotopic (exact) mass is 516 g/mol. The Kier molecular flexibility index (Phi) is 8.46. The molecule has 6 heteroatoms. The summed E-state index contributed by atoms with van der Waals surface area (Å²) in [5.74, 6) is -1.41. The first-order valence-electron chi connectivity index (χ1n) is 12.8. The van der Waals surface area contributed by atoms with Crippen LogP contribution in [-0.4, -0.2) is 6.18 Å². The highest BCUT2D eigenvalue weighted by Crippen LogP contribution is 2.34. The van der Waals surface area contributed by atoms with Crippen LogP contribution in [-0.2, 0) is 6.42 Å². The highest BCUT2D eigenvalue weighted by Gasteiger charge is 2.23. The molecule has 0 saturated heterocycles. The zero-order chi connectivity index (χ0) is 26.6. The number of allylic oxidation sites excluding steroid dienone is 1. The Bertz CT molecular complexity index is 1210. The van der Waals surface area contributed by atoms with Crippen molar-refractivity contribution in [2.45, 2.75) is 58.0 Å². The van der Waals surface area contributed by atoms with Crippen molar-refractivity contribution in [3.63, 3.8) is 0 Å². The molecule has 0 spiro atoms. The smallest absolute Gasteiger partial charge is 0.206 e. The predicted octanol–water partition coefficient (Wildman–Crippen LogP) is 10.2. The van der Waals surface area contributed by atoms with Gasteiger partial charge in [-0.1, -0.05) is 75.4 Å². The highest BCUT2D eigenvalue weighted by atomic mass is 19.4. The summed E-state index contributed by atoms with van der Waals surface area (Å²) in [5.41, 5.74) is 1.73. The number of benzene rings is 3. The summed E-state index contributed by atoms with van der Waals surface area (Å²) in [6.07, 6.45) is 4.13. The van der Waals surface area contributed by atoms with Gasteiger partial charge in [0.05, 0.1) is 0 Å². The van der Waals surface area contributed by atoms with Gasteiger partial charge in [0.15, 0.2) is 0 Å². The van der Waals surface area contributed by atoms with Crippen LogP contribution in [0.2, 0.25) is 0 Å². The lowest BCUT2D eigenvalue weighted by molar-refractivity contribution is -0.0790. The van der Waals surface area contributed by atoms with E-state index in [1.165, 1.54) is 56.2 Å². The van der Waals surface area contributed by atoms with Gasteiger partial charge in [0, 0.05) is 17.2 Å². The van der Waals surface area contributed by atoms with Crippen molar-refractivity contribution in [2.75, 3.05) is 0 Å². The molecular weight excluding hydrogens is 486 g/mol. The lowest BCUT2D eigenvalue weighted by atomic mass is 9.78. The van der Waals surface area contributed by atoms with E-state index in [0.29, 0.717) is 11.6 Å². The normalized spacial score (nSPS) is 18.5. The van der Waals surface area contributed by atoms with E-state index in [0.717, 1.165) is 36.0 Å². The molecule has 0 aromatic heterocycles. The van der Waals surface area contributed by atoms with Crippen molar-refractivity contribution < 1.29 is 26.3 Å². The Morgan fingerprint density at radius 3 is 1.86 bits per heavy atom. The molecular formula is C31H30F6. The Hall–Kier alpha value is -3.02. The van der Waals surface area contributed by atoms with E-state index in [9.17, 15) is 26.3 Å². The molecule has 0 heterocycles. The van der Waals surface area contributed by atoms with E-state index in [1.54, 1.807) is 6.07 Å². The molecule has 1 saturated carbocycles. The van der Waals surface area contributed by atoms with Gasteiger partial charge in [-0.3, -0.25) is 0 Å². The lowest BCUT2D eigenvalue weighted by Gasteiger charge is -2.27. The molecule has 0 radical (unpaired) electrons. The molecule has 0 N–H and O–H groups in total. The van der Waals surface area contributed by atoms with Gasteiger partial charge >= 0.3 is 6.18 Å². The number of hydrogen-bond acceptors (Lipinski definition) is 0. The molecule has 0 nitrogen and oxygen atoms in total. The van der Waals surface area contributed by atoms with Gasteiger partial charge < -0.3 is 0 Å². The summed E-state index contributed by atoms with van der Waals surface area (Å²) < 4.78 is 80.7. The van der Waals surface area contributed by atoms with E-state index < -0.39 is 29.2 Å². The Balaban J connectivity index is 1.44. The summed E-state index contributed by atoms with van der Waals surface area (Å²) in [4.78, 5) is 0. The number of alkyl halides is 3. The fourth-order valence-electron chi connectivity index (χ4n) is 5.17. The zero-order valence-electron chi connectivity index (χ0n) is 20.7. The van der Waals surface area contributed by atoms with Crippen LogP contribution in [0.5, 0.6) is 0 Å². The van der Waals surface area contributed by atoms with Gasteiger partial charge in [0.1, 0.15) is 17.5 Å². The third-order valence-electron chi connectivity index (χ3n) is 7.47. The number of rotatable bonds is 7. The second kappa shape index (κ2) is 11.6. The van der Waals surface area contributed by atoms with Crippen LogP contribution in [0.3, 0.4) is 0 Å². The minimum absolute atomic E-state index is 0.0395. The largest absolute Gasteiger partial charge is 0.409 e.